The fourth-order valence-corrected chi connectivity index (χ4v) is 3.62. The van der Waals surface area contributed by atoms with Crippen molar-refractivity contribution in [2.45, 2.75) is 32.1 Å². The van der Waals surface area contributed by atoms with Crippen molar-refractivity contribution < 1.29 is 0 Å². The summed E-state index contributed by atoms with van der Waals surface area (Å²) in [6.45, 7) is 7.95. The number of rotatable bonds is 3. The van der Waals surface area contributed by atoms with Crippen LogP contribution in [0.2, 0.25) is 0 Å². The third-order valence-electron chi connectivity index (χ3n) is 3.48. The molecule has 0 aromatic heterocycles. The highest BCUT2D eigenvalue weighted by atomic mass is 32.2. The predicted molar refractivity (Wildman–Crippen MR) is 94.3 cm³/mol. The molecule has 1 radical (unpaired) electrons. The molecule has 0 saturated carbocycles. The van der Waals surface area contributed by atoms with E-state index in [9.17, 15) is 0 Å². The van der Waals surface area contributed by atoms with Crippen LogP contribution in [-0.2, 0) is 0 Å². The monoisotopic (exact) mass is 301 g/mol. The van der Waals surface area contributed by atoms with Crippen molar-refractivity contribution in [2.75, 3.05) is 18.0 Å². The van der Waals surface area contributed by atoms with E-state index >= 15 is 0 Å². The van der Waals surface area contributed by atoms with Crippen LogP contribution in [-0.4, -0.2) is 13.1 Å². The predicted octanol–water partition coefficient (Wildman–Crippen LogP) is 4.60. The molecule has 113 valence electrons. The van der Waals surface area contributed by atoms with E-state index in [4.69, 9.17) is 5.73 Å². The topological polar surface area (TPSA) is 29.3 Å². The SMILES string of the molecule is CC.CC1[CH]C2=C(C=C1)Sc1ccccc1N2CCCN. The van der Waals surface area contributed by atoms with Crippen LogP contribution in [0.1, 0.15) is 27.2 Å². The third-order valence-corrected chi connectivity index (χ3v) is 4.61. The van der Waals surface area contributed by atoms with Gasteiger partial charge in [0.05, 0.1) is 5.69 Å². The highest BCUT2D eigenvalue weighted by molar-refractivity contribution is 8.03. The van der Waals surface area contributed by atoms with Crippen molar-refractivity contribution in [1.82, 2.24) is 0 Å². The number of allylic oxidation sites excluding steroid dienone is 3. The number of thioether (sulfide) groups is 1. The summed E-state index contributed by atoms with van der Waals surface area (Å²) < 4.78 is 0. The molecule has 0 fully saturated rings. The minimum atomic E-state index is 0.505. The molecule has 1 atom stereocenters. The van der Waals surface area contributed by atoms with Crippen LogP contribution in [0.5, 0.6) is 0 Å². The highest BCUT2D eigenvalue weighted by Gasteiger charge is 2.27. The summed E-state index contributed by atoms with van der Waals surface area (Å²) in [5.74, 6) is 0.505. The smallest absolute Gasteiger partial charge is 0.0550 e. The molecule has 0 bridgehead atoms. The van der Waals surface area contributed by atoms with Gasteiger partial charge >= 0.3 is 0 Å². The molecular formula is C18H25N2S. The van der Waals surface area contributed by atoms with Gasteiger partial charge in [-0.05, 0) is 31.0 Å². The molecule has 2 aliphatic rings. The largest absolute Gasteiger partial charge is 0.343 e. The van der Waals surface area contributed by atoms with Crippen molar-refractivity contribution in [2.24, 2.45) is 11.7 Å². The van der Waals surface area contributed by atoms with Gasteiger partial charge in [0.15, 0.2) is 0 Å². The van der Waals surface area contributed by atoms with Crippen LogP contribution in [0.4, 0.5) is 5.69 Å². The average molecular weight is 301 g/mol. The Labute approximate surface area is 133 Å². The molecule has 2 N–H and O–H groups in total. The molecule has 1 aliphatic carbocycles. The van der Waals surface area contributed by atoms with E-state index in [1.807, 2.05) is 25.6 Å². The van der Waals surface area contributed by atoms with E-state index in [0.717, 1.165) is 19.5 Å². The number of benzene rings is 1. The second-order valence-corrected chi connectivity index (χ2v) is 6.08. The molecule has 1 aromatic rings. The minimum Gasteiger partial charge on any atom is -0.343 e. The molecule has 0 amide bonds. The number of hydrogen-bond acceptors (Lipinski definition) is 3. The zero-order chi connectivity index (χ0) is 15.2. The maximum absolute atomic E-state index is 5.69. The standard InChI is InChI=1S/C16H19N2S.C2H6/c1-12-7-8-16-14(11-12)18(10-4-9-17)13-5-2-3-6-15(13)19-16;1-2/h2-3,5-8,11-12H,4,9-10,17H2,1H3;1-2H3. The lowest BCUT2D eigenvalue weighted by Gasteiger charge is -2.36. The highest BCUT2D eigenvalue weighted by Crippen LogP contribution is 2.46. The number of hydrogen-bond donors (Lipinski definition) is 1. The Kier molecular flexibility index (Phi) is 5.95. The van der Waals surface area contributed by atoms with Gasteiger partial charge in [-0.15, -0.1) is 0 Å². The van der Waals surface area contributed by atoms with Gasteiger partial charge in [-0.3, -0.25) is 0 Å². The fourth-order valence-electron chi connectivity index (χ4n) is 2.53. The first kappa shape index (κ1) is 16.2. The van der Waals surface area contributed by atoms with E-state index in [1.54, 1.807) is 0 Å². The quantitative estimate of drug-likeness (QED) is 0.885. The zero-order valence-electron chi connectivity index (χ0n) is 13.2. The maximum Gasteiger partial charge on any atom is 0.0550 e. The molecule has 3 rings (SSSR count). The summed E-state index contributed by atoms with van der Waals surface area (Å²) in [6.07, 6.45) is 7.90. The average Bonchev–Trinajstić information content (AvgIpc) is 2.54. The van der Waals surface area contributed by atoms with Crippen LogP contribution in [0.25, 0.3) is 0 Å². The molecule has 3 heteroatoms. The molecule has 0 spiro atoms. The third kappa shape index (κ3) is 3.53. The Morgan fingerprint density at radius 2 is 2.00 bits per heavy atom. The van der Waals surface area contributed by atoms with E-state index in [-0.39, 0.29) is 0 Å². The van der Waals surface area contributed by atoms with Crippen LogP contribution in [0, 0.1) is 12.3 Å². The summed E-state index contributed by atoms with van der Waals surface area (Å²) in [5.41, 5.74) is 8.36. The van der Waals surface area contributed by atoms with Crippen molar-refractivity contribution in [3.8, 4) is 0 Å². The molecule has 1 aliphatic heterocycles. The summed E-state index contributed by atoms with van der Waals surface area (Å²) in [4.78, 5) is 5.12. The lowest BCUT2D eigenvalue weighted by Crippen LogP contribution is -2.30. The Morgan fingerprint density at radius 3 is 2.76 bits per heavy atom. The maximum atomic E-state index is 5.69. The lowest BCUT2D eigenvalue weighted by atomic mass is 9.98. The molecule has 21 heavy (non-hydrogen) atoms. The molecule has 1 heterocycles. The number of para-hydroxylation sites is 1. The second kappa shape index (κ2) is 7.71. The summed E-state index contributed by atoms with van der Waals surface area (Å²) in [7, 11) is 0. The van der Waals surface area contributed by atoms with Crippen molar-refractivity contribution in [3.05, 3.63) is 53.4 Å². The van der Waals surface area contributed by atoms with Gasteiger partial charge in [0.25, 0.3) is 0 Å². The normalized spacial score (nSPS) is 19.6. The fraction of sp³-hybridized carbons (Fsp3) is 0.389. The number of fused-ring (bicyclic) bond motifs is 1. The van der Waals surface area contributed by atoms with Gasteiger partial charge in [0.1, 0.15) is 0 Å². The van der Waals surface area contributed by atoms with E-state index < -0.39 is 0 Å². The molecule has 2 nitrogen and oxygen atoms in total. The number of nitrogens with two attached hydrogens (primary N) is 1. The summed E-state index contributed by atoms with van der Waals surface area (Å²) in [5, 5.41) is 0. The lowest BCUT2D eigenvalue weighted by molar-refractivity contribution is 0.756. The van der Waals surface area contributed by atoms with Crippen LogP contribution in [0.3, 0.4) is 0 Å². The zero-order valence-corrected chi connectivity index (χ0v) is 14.0. The second-order valence-electron chi connectivity index (χ2n) is 5.00. The first-order valence-corrected chi connectivity index (χ1v) is 8.63. The first-order valence-electron chi connectivity index (χ1n) is 7.81. The summed E-state index contributed by atoms with van der Waals surface area (Å²) in [6, 6.07) is 8.63. The number of anilines is 1. The Bertz CT molecular complexity index is 534. The molecule has 1 unspecified atom stereocenters. The van der Waals surface area contributed by atoms with Gasteiger partial charge < -0.3 is 10.6 Å². The van der Waals surface area contributed by atoms with E-state index in [0.29, 0.717) is 5.92 Å². The molecule has 0 saturated heterocycles. The van der Waals surface area contributed by atoms with E-state index in [1.165, 1.54) is 21.2 Å². The van der Waals surface area contributed by atoms with Gasteiger partial charge in [0, 0.05) is 28.5 Å². The van der Waals surface area contributed by atoms with Crippen LogP contribution >= 0.6 is 11.8 Å². The van der Waals surface area contributed by atoms with Gasteiger partial charge in [0.2, 0.25) is 0 Å². The van der Waals surface area contributed by atoms with Crippen LogP contribution < -0.4 is 10.6 Å². The Hall–Kier alpha value is -1.19. The minimum absolute atomic E-state index is 0.505. The van der Waals surface area contributed by atoms with Crippen LogP contribution in [0.15, 0.2) is 51.9 Å². The van der Waals surface area contributed by atoms with Gasteiger partial charge in [-0.2, -0.15) is 0 Å². The summed E-state index contributed by atoms with van der Waals surface area (Å²) >= 11 is 1.87. The molecular weight excluding hydrogens is 276 g/mol. The van der Waals surface area contributed by atoms with E-state index in [2.05, 4.69) is 54.7 Å². The van der Waals surface area contributed by atoms with Crippen molar-refractivity contribution in [3.63, 3.8) is 0 Å². The van der Waals surface area contributed by atoms with Gasteiger partial charge in [-0.1, -0.05) is 56.8 Å². The first-order chi connectivity index (χ1) is 10.3. The molecule has 1 aromatic carbocycles. The van der Waals surface area contributed by atoms with Crippen molar-refractivity contribution >= 4 is 17.4 Å². The Balaban J connectivity index is 0.000000774. The van der Waals surface area contributed by atoms with Gasteiger partial charge in [-0.25, -0.2) is 0 Å². The Morgan fingerprint density at radius 1 is 1.24 bits per heavy atom. The van der Waals surface area contributed by atoms with Crippen molar-refractivity contribution in [1.29, 1.82) is 0 Å². The number of nitrogens with zero attached hydrogens (tertiary/aromatic N) is 1.